The molecule has 4 nitrogen and oxygen atoms in total. The lowest BCUT2D eigenvalue weighted by atomic mass is 9.94. The summed E-state index contributed by atoms with van der Waals surface area (Å²) in [5, 5.41) is 3.82. The molecular formula is C21H28Cl2N2O2. The molecule has 2 aliphatic carbocycles. The molecule has 0 aliphatic heterocycles. The monoisotopic (exact) mass is 410 g/mol. The molecule has 148 valence electrons. The molecule has 27 heavy (non-hydrogen) atoms. The van der Waals surface area contributed by atoms with Gasteiger partial charge in [-0.15, -0.1) is 11.6 Å². The number of rotatable bonds is 6. The highest BCUT2D eigenvalue weighted by Gasteiger charge is 2.37. The lowest BCUT2D eigenvalue weighted by Crippen LogP contribution is -2.50. The number of hydrogen-bond donors (Lipinski definition) is 1. The van der Waals surface area contributed by atoms with Crippen molar-refractivity contribution in [3.63, 3.8) is 0 Å². The third-order valence-electron chi connectivity index (χ3n) is 5.78. The number of amides is 2. The van der Waals surface area contributed by atoms with Crippen molar-refractivity contribution in [2.45, 2.75) is 75.9 Å². The highest BCUT2D eigenvalue weighted by Crippen LogP contribution is 2.33. The first-order valence-electron chi connectivity index (χ1n) is 10.0. The van der Waals surface area contributed by atoms with Crippen molar-refractivity contribution in [3.05, 3.63) is 34.9 Å². The molecule has 3 rings (SSSR count). The smallest absolute Gasteiger partial charge is 0.247 e. The average Bonchev–Trinajstić information content (AvgIpc) is 3.21. The number of carbonyl (C=O) groups is 2. The molecule has 2 fully saturated rings. The van der Waals surface area contributed by atoms with Crippen LogP contribution in [0.2, 0.25) is 5.02 Å². The lowest BCUT2D eigenvalue weighted by molar-refractivity contribution is -0.142. The van der Waals surface area contributed by atoms with Gasteiger partial charge in [0, 0.05) is 17.1 Å². The van der Waals surface area contributed by atoms with E-state index < -0.39 is 6.04 Å². The van der Waals surface area contributed by atoms with Crippen LogP contribution in [-0.4, -0.2) is 34.7 Å². The number of benzene rings is 1. The Bertz CT molecular complexity index is 638. The minimum absolute atomic E-state index is 0.0639. The summed E-state index contributed by atoms with van der Waals surface area (Å²) in [5.74, 6) is -0.394. The fraction of sp³-hybridized carbons (Fsp3) is 0.619. The Morgan fingerprint density at radius 2 is 1.59 bits per heavy atom. The first-order valence-corrected chi connectivity index (χ1v) is 10.9. The maximum atomic E-state index is 13.3. The molecule has 0 aromatic heterocycles. The quantitative estimate of drug-likeness (QED) is 0.681. The van der Waals surface area contributed by atoms with Gasteiger partial charge in [0.25, 0.3) is 0 Å². The van der Waals surface area contributed by atoms with E-state index in [0.29, 0.717) is 5.02 Å². The van der Waals surface area contributed by atoms with E-state index in [2.05, 4.69) is 5.32 Å². The number of carbonyl (C=O) groups excluding carboxylic acids is 2. The molecular weight excluding hydrogens is 383 g/mol. The van der Waals surface area contributed by atoms with Crippen LogP contribution in [-0.2, 0) is 9.59 Å². The number of halogens is 2. The van der Waals surface area contributed by atoms with E-state index in [1.54, 1.807) is 17.0 Å². The lowest BCUT2D eigenvalue weighted by Gasteiger charge is -2.37. The second kappa shape index (κ2) is 9.79. The highest BCUT2D eigenvalue weighted by molar-refractivity contribution is 6.30. The zero-order chi connectivity index (χ0) is 19.2. The van der Waals surface area contributed by atoms with Crippen molar-refractivity contribution in [2.75, 3.05) is 5.88 Å². The summed E-state index contributed by atoms with van der Waals surface area (Å²) in [4.78, 5) is 27.8. The zero-order valence-electron chi connectivity index (χ0n) is 15.6. The summed E-state index contributed by atoms with van der Waals surface area (Å²) in [6.45, 7) is 0. The summed E-state index contributed by atoms with van der Waals surface area (Å²) in [5.41, 5.74) is 0.790. The van der Waals surface area contributed by atoms with E-state index in [1.165, 1.54) is 6.42 Å². The molecule has 0 spiro atoms. The van der Waals surface area contributed by atoms with Crippen molar-refractivity contribution >= 4 is 35.0 Å². The third kappa shape index (κ3) is 5.17. The fourth-order valence-electron chi connectivity index (χ4n) is 4.42. The molecule has 0 bridgehead atoms. The van der Waals surface area contributed by atoms with Crippen LogP contribution in [0.5, 0.6) is 0 Å². The van der Waals surface area contributed by atoms with Gasteiger partial charge in [0.1, 0.15) is 11.9 Å². The molecule has 0 heterocycles. The van der Waals surface area contributed by atoms with E-state index in [4.69, 9.17) is 23.2 Å². The van der Waals surface area contributed by atoms with E-state index in [-0.39, 0.29) is 29.8 Å². The van der Waals surface area contributed by atoms with Crippen LogP contribution in [0.3, 0.4) is 0 Å². The summed E-state index contributed by atoms with van der Waals surface area (Å²) < 4.78 is 0. The Hall–Kier alpha value is -1.26. The predicted molar refractivity (Wildman–Crippen MR) is 109 cm³/mol. The molecule has 2 amide bonds. The molecule has 1 atom stereocenters. The summed E-state index contributed by atoms with van der Waals surface area (Å²) in [6, 6.07) is 6.84. The van der Waals surface area contributed by atoms with Gasteiger partial charge in [0.2, 0.25) is 11.8 Å². The fourth-order valence-corrected chi connectivity index (χ4v) is 4.68. The van der Waals surface area contributed by atoms with E-state index in [0.717, 1.165) is 56.9 Å². The molecule has 2 saturated carbocycles. The molecule has 6 heteroatoms. The van der Waals surface area contributed by atoms with Crippen molar-refractivity contribution in [2.24, 2.45) is 0 Å². The van der Waals surface area contributed by atoms with Crippen LogP contribution in [0.4, 0.5) is 0 Å². The zero-order valence-corrected chi connectivity index (χ0v) is 17.1. The maximum Gasteiger partial charge on any atom is 0.247 e. The molecule has 2 aliphatic rings. The van der Waals surface area contributed by atoms with E-state index in [1.807, 2.05) is 12.1 Å². The third-order valence-corrected chi connectivity index (χ3v) is 6.26. The summed E-state index contributed by atoms with van der Waals surface area (Å²) >= 11 is 12.0. The second-order valence-electron chi connectivity index (χ2n) is 7.67. The highest BCUT2D eigenvalue weighted by atomic mass is 35.5. The van der Waals surface area contributed by atoms with Gasteiger partial charge in [-0.3, -0.25) is 9.59 Å². The van der Waals surface area contributed by atoms with Gasteiger partial charge in [-0.1, -0.05) is 55.8 Å². The SMILES string of the molecule is O=C(NC1CCCCC1)[C@@H](c1ccc(Cl)cc1)N(C(=O)CCl)C1CCCC1. The normalized spacial score (nSPS) is 19.6. The van der Waals surface area contributed by atoms with Crippen LogP contribution in [0.25, 0.3) is 0 Å². The molecule has 0 unspecified atom stereocenters. The molecule has 1 aromatic rings. The van der Waals surface area contributed by atoms with E-state index in [9.17, 15) is 9.59 Å². The van der Waals surface area contributed by atoms with Crippen LogP contribution in [0, 0.1) is 0 Å². The Morgan fingerprint density at radius 3 is 2.19 bits per heavy atom. The number of hydrogen-bond acceptors (Lipinski definition) is 2. The number of alkyl halides is 1. The first kappa shape index (κ1) is 20.5. The van der Waals surface area contributed by atoms with E-state index >= 15 is 0 Å². The Labute approximate surface area is 171 Å². The molecule has 1 aromatic carbocycles. The van der Waals surface area contributed by atoms with Gasteiger partial charge in [-0.25, -0.2) is 0 Å². The predicted octanol–water partition coefficient (Wildman–Crippen LogP) is 4.84. The van der Waals surface area contributed by atoms with Crippen LogP contribution >= 0.6 is 23.2 Å². The largest absolute Gasteiger partial charge is 0.351 e. The van der Waals surface area contributed by atoms with Crippen molar-refractivity contribution in [1.82, 2.24) is 10.2 Å². The minimum Gasteiger partial charge on any atom is -0.351 e. The van der Waals surface area contributed by atoms with Gasteiger partial charge < -0.3 is 10.2 Å². The average molecular weight is 411 g/mol. The Balaban J connectivity index is 1.90. The first-order chi connectivity index (χ1) is 13.1. The standard InChI is InChI=1S/C21H28Cl2N2O2/c22-14-19(26)25(18-8-4-5-9-18)20(15-10-12-16(23)13-11-15)21(27)24-17-6-2-1-3-7-17/h10-13,17-18,20H,1-9,14H2,(H,24,27)/t20-/m1/s1. The van der Waals surface area contributed by atoms with Crippen LogP contribution in [0.1, 0.15) is 69.4 Å². The van der Waals surface area contributed by atoms with Crippen LogP contribution < -0.4 is 5.32 Å². The van der Waals surface area contributed by atoms with Gasteiger partial charge in [-0.2, -0.15) is 0 Å². The van der Waals surface area contributed by atoms with Gasteiger partial charge in [0.15, 0.2) is 0 Å². The molecule has 0 saturated heterocycles. The van der Waals surface area contributed by atoms with Crippen molar-refractivity contribution in [1.29, 1.82) is 0 Å². The van der Waals surface area contributed by atoms with Crippen molar-refractivity contribution < 1.29 is 9.59 Å². The topological polar surface area (TPSA) is 49.4 Å². The number of nitrogens with zero attached hydrogens (tertiary/aromatic N) is 1. The van der Waals surface area contributed by atoms with Crippen molar-refractivity contribution in [3.8, 4) is 0 Å². The van der Waals surface area contributed by atoms with Crippen LogP contribution in [0.15, 0.2) is 24.3 Å². The minimum atomic E-state index is -0.654. The van der Waals surface area contributed by atoms with Gasteiger partial charge >= 0.3 is 0 Å². The maximum absolute atomic E-state index is 13.3. The second-order valence-corrected chi connectivity index (χ2v) is 8.37. The molecule has 1 N–H and O–H groups in total. The molecule has 0 radical (unpaired) electrons. The van der Waals surface area contributed by atoms with Gasteiger partial charge in [-0.05, 0) is 43.4 Å². The summed E-state index contributed by atoms with van der Waals surface area (Å²) in [7, 11) is 0. The summed E-state index contributed by atoms with van der Waals surface area (Å²) in [6.07, 6.45) is 9.52. The van der Waals surface area contributed by atoms with Gasteiger partial charge in [0.05, 0.1) is 0 Å². The Morgan fingerprint density at radius 1 is 1.00 bits per heavy atom. The number of nitrogens with one attached hydrogen (secondary N) is 1. The Kier molecular flexibility index (Phi) is 7.42.